The SMILES string of the molecule is CCNC(=NCc1cccc(COCC(F)(F)F)c1)NC1CCC(C(=O)OCC)CC1.I. The highest BCUT2D eigenvalue weighted by Crippen LogP contribution is 2.25. The minimum atomic E-state index is -4.33. The Balaban J connectivity index is 0.00000512. The lowest BCUT2D eigenvalue weighted by Crippen LogP contribution is -2.45. The molecule has 0 saturated heterocycles. The molecule has 1 aromatic carbocycles. The molecule has 0 unspecified atom stereocenters. The molecule has 0 atom stereocenters. The molecule has 1 fully saturated rings. The van der Waals surface area contributed by atoms with Gasteiger partial charge in [0.1, 0.15) is 6.61 Å². The first-order chi connectivity index (χ1) is 14.8. The minimum Gasteiger partial charge on any atom is -0.466 e. The van der Waals surface area contributed by atoms with E-state index in [1.807, 2.05) is 19.9 Å². The van der Waals surface area contributed by atoms with Crippen molar-refractivity contribution in [1.82, 2.24) is 10.6 Å². The van der Waals surface area contributed by atoms with Crippen molar-refractivity contribution in [1.29, 1.82) is 0 Å². The van der Waals surface area contributed by atoms with Crippen molar-refractivity contribution in [3.05, 3.63) is 35.4 Å². The summed E-state index contributed by atoms with van der Waals surface area (Å²) in [5, 5.41) is 6.64. The second-order valence-corrected chi connectivity index (χ2v) is 7.57. The fourth-order valence-electron chi connectivity index (χ4n) is 3.52. The lowest BCUT2D eigenvalue weighted by atomic mass is 9.86. The zero-order valence-electron chi connectivity index (χ0n) is 18.5. The zero-order chi connectivity index (χ0) is 22.7. The molecule has 1 aromatic rings. The summed E-state index contributed by atoms with van der Waals surface area (Å²) in [6.45, 7) is 3.93. The minimum absolute atomic E-state index is 0. The Labute approximate surface area is 204 Å². The standard InChI is InChI=1S/C22H32F3N3O3.HI/c1-3-26-21(28-19-10-8-18(9-11-19)20(29)31-4-2)27-13-16-6-5-7-17(12-16)14-30-15-22(23,24)25;/h5-7,12,18-19H,3-4,8-11,13-15H2,1-2H3,(H2,26,27,28);1H. The van der Waals surface area contributed by atoms with Gasteiger partial charge in [-0.05, 0) is 50.7 Å². The van der Waals surface area contributed by atoms with E-state index in [4.69, 9.17) is 9.47 Å². The summed E-state index contributed by atoms with van der Waals surface area (Å²) in [5.74, 6) is 0.543. The number of carbonyl (C=O) groups is 1. The van der Waals surface area contributed by atoms with Gasteiger partial charge in [0.2, 0.25) is 0 Å². The zero-order valence-corrected chi connectivity index (χ0v) is 20.9. The number of rotatable bonds is 9. The van der Waals surface area contributed by atoms with Crippen LogP contribution in [0.3, 0.4) is 0 Å². The maximum absolute atomic E-state index is 12.2. The first-order valence-corrected chi connectivity index (χ1v) is 10.7. The smallest absolute Gasteiger partial charge is 0.411 e. The molecule has 6 nitrogen and oxygen atoms in total. The molecule has 0 spiro atoms. The molecule has 1 aliphatic carbocycles. The van der Waals surface area contributed by atoms with Crippen LogP contribution in [0.5, 0.6) is 0 Å². The fourth-order valence-corrected chi connectivity index (χ4v) is 3.52. The van der Waals surface area contributed by atoms with E-state index in [1.165, 1.54) is 0 Å². The van der Waals surface area contributed by atoms with Crippen LogP contribution in [0.4, 0.5) is 13.2 Å². The predicted octanol–water partition coefficient (Wildman–Crippen LogP) is 4.56. The largest absolute Gasteiger partial charge is 0.466 e. The Kier molecular flexibility index (Phi) is 13.0. The van der Waals surface area contributed by atoms with Crippen LogP contribution in [0.25, 0.3) is 0 Å². The third-order valence-electron chi connectivity index (χ3n) is 4.98. The van der Waals surface area contributed by atoms with E-state index in [0.29, 0.717) is 31.2 Å². The number of hydrogen-bond acceptors (Lipinski definition) is 4. The molecular formula is C22H33F3IN3O3. The highest BCUT2D eigenvalue weighted by Gasteiger charge is 2.28. The number of guanidine groups is 1. The van der Waals surface area contributed by atoms with Gasteiger partial charge in [-0.2, -0.15) is 13.2 Å². The number of carbonyl (C=O) groups excluding carboxylic acids is 1. The molecule has 32 heavy (non-hydrogen) atoms. The average Bonchev–Trinajstić information content (AvgIpc) is 2.72. The van der Waals surface area contributed by atoms with E-state index >= 15 is 0 Å². The number of nitrogens with one attached hydrogen (secondary N) is 2. The second-order valence-electron chi connectivity index (χ2n) is 7.57. The van der Waals surface area contributed by atoms with Gasteiger partial charge in [-0.25, -0.2) is 4.99 Å². The van der Waals surface area contributed by atoms with E-state index in [2.05, 4.69) is 15.6 Å². The topological polar surface area (TPSA) is 72.0 Å². The number of hydrogen-bond donors (Lipinski definition) is 2. The van der Waals surface area contributed by atoms with Crippen molar-refractivity contribution in [3.63, 3.8) is 0 Å². The van der Waals surface area contributed by atoms with Crippen molar-refractivity contribution < 1.29 is 27.4 Å². The maximum atomic E-state index is 12.2. The summed E-state index contributed by atoms with van der Waals surface area (Å²) in [5.41, 5.74) is 1.56. The van der Waals surface area contributed by atoms with Gasteiger partial charge in [0.15, 0.2) is 5.96 Å². The number of ether oxygens (including phenoxy) is 2. The number of alkyl halides is 3. The maximum Gasteiger partial charge on any atom is 0.411 e. The van der Waals surface area contributed by atoms with Gasteiger partial charge in [-0.15, -0.1) is 24.0 Å². The first kappa shape index (κ1) is 28.5. The Morgan fingerprint density at radius 1 is 1.16 bits per heavy atom. The summed E-state index contributed by atoms with van der Waals surface area (Å²) in [4.78, 5) is 16.5. The molecule has 0 radical (unpaired) electrons. The molecule has 1 aliphatic rings. The van der Waals surface area contributed by atoms with Gasteiger partial charge in [-0.3, -0.25) is 4.79 Å². The Morgan fingerprint density at radius 2 is 1.84 bits per heavy atom. The highest BCUT2D eigenvalue weighted by molar-refractivity contribution is 14.0. The Bertz CT molecular complexity index is 724. The highest BCUT2D eigenvalue weighted by atomic mass is 127. The number of nitrogens with zero attached hydrogens (tertiary/aromatic N) is 1. The first-order valence-electron chi connectivity index (χ1n) is 10.7. The van der Waals surface area contributed by atoms with Gasteiger partial charge < -0.3 is 20.1 Å². The number of aliphatic imine (C=N–C) groups is 1. The fraction of sp³-hybridized carbons (Fsp3) is 0.636. The molecule has 0 amide bonds. The van der Waals surface area contributed by atoms with E-state index in [9.17, 15) is 18.0 Å². The van der Waals surface area contributed by atoms with Crippen LogP contribution >= 0.6 is 24.0 Å². The summed E-state index contributed by atoms with van der Waals surface area (Å²) in [6.07, 6.45) is -1.03. The van der Waals surface area contributed by atoms with Gasteiger partial charge in [0.05, 0.1) is 25.7 Å². The lowest BCUT2D eigenvalue weighted by molar-refractivity contribution is -0.176. The predicted molar refractivity (Wildman–Crippen MR) is 128 cm³/mol. The van der Waals surface area contributed by atoms with Crippen LogP contribution in [0.2, 0.25) is 0 Å². The molecule has 182 valence electrons. The van der Waals surface area contributed by atoms with Gasteiger partial charge in [0, 0.05) is 12.6 Å². The monoisotopic (exact) mass is 571 g/mol. The van der Waals surface area contributed by atoms with E-state index in [1.54, 1.807) is 18.2 Å². The van der Waals surface area contributed by atoms with Crippen LogP contribution in [0.15, 0.2) is 29.3 Å². The van der Waals surface area contributed by atoms with Crippen molar-refractivity contribution in [2.24, 2.45) is 10.9 Å². The molecular weight excluding hydrogens is 538 g/mol. The number of halogens is 4. The summed E-state index contributed by atoms with van der Waals surface area (Å²) in [6, 6.07) is 7.42. The molecule has 0 aliphatic heterocycles. The number of esters is 1. The van der Waals surface area contributed by atoms with Crippen LogP contribution in [0, 0.1) is 5.92 Å². The van der Waals surface area contributed by atoms with Gasteiger partial charge in [0.25, 0.3) is 0 Å². The molecule has 2 rings (SSSR count). The third kappa shape index (κ3) is 10.8. The normalized spacial score (nSPS) is 19.1. The molecule has 2 N–H and O–H groups in total. The van der Waals surface area contributed by atoms with Crippen LogP contribution < -0.4 is 10.6 Å². The van der Waals surface area contributed by atoms with E-state index in [-0.39, 0.29) is 48.5 Å². The molecule has 0 bridgehead atoms. The Morgan fingerprint density at radius 3 is 2.47 bits per heavy atom. The van der Waals surface area contributed by atoms with E-state index in [0.717, 1.165) is 31.2 Å². The quantitative estimate of drug-likeness (QED) is 0.197. The Hall–Kier alpha value is -1.56. The van der Waals surface area contributed by atoms with Crippen molar-refractivity contribution >= 4 is 35.9 Å². The molecule has 1 saturated carbocycles. The summed E-state index contributed by atoms with van der Waals surface area (Å²) < 4.78 is 46.5. The van der Waals surface area contributed by atoms with Crippen molar-refractivity contribution in [2.45, 2.75) is 64.9 Å². The lowest BCUT2D eigenvalue weighted by Gasteiger charge is -2.29. The van der Waals surface area contributed by atoms with Crippen molar-refractivity contribution in [2.75, 3.05) is 19.8 Å². The van der Waals surface area contributed by atoms with Crippen LogP contribution in [-0.2, 0) is 27.4 Å². The summed E-state index contributed by atoms with van der Waals surface area (Å²) in [7, 11) is 0. The van der Waals surface area contributed by atoms with Gasteiger partial charge in [-0.1, -0.05) is 24.3 Å². The van der Waals surface area contributed by atoms with E-state index < -0.39 is 12.8 Å². The number of benzene rings is 1. The molecule has 10 heteroatoms. The second kappa shape index (κ2) is 14.6. The summed E-state index contributed by atoms with van der Waals surface area (Å²) >= 11 is 0. The molecule has 0 heterocycles. The third-order valence-corrected chi connectivity index (χ3v) is 4.98. The average molecular weight is 571 g/mol. The van der Waals surface area contributed by atoms with Crippen LogP contribution in [0.1, 0.15) is 50.7 Å². The van der Waals surface area contributed by atoms with Crippen LogP contribution in [-0.4, -0.2) is 43.9 Å². The van der Waals surface area contributed by atoms with Gasteiger partial charge >= 0.3 is 12.1 Å². The molecule has 0 aromatic heterocycles. The van der Waals surface area contributed by atoms with Crippen molar-refractivity contribution in [3.8, 4) is 0 Å².